The molecule has 30 heavy (non-hydrogen) atoms. The van der Waals surface area contributed by atoms with Crippen LogP contribution in [0.3, 0.4) is 0 Å². The van der Waals surface area contributed by atoms with Gasteiger partial charge in [0.2, 0.25) is 0 Å². The second kappa shape index (κ2) is 13.8. The van der Waals surface area contributed by atoms with E-state index in [0.717, 1.165) is 6.29 Å². The molecule has 0 aliphatic rings. The van der Waals surface area contributed by atoms with Gasteiger partial charge in [-0.05, 0) is 36.4 Å². The third kappa shape index (κ3) is 9.47. The minimum Gasteiger partial charge on any atom is -0.491 e. The lowest BCUT2D eigenvalue weighted by Crippen LogP contribution is -2.15. The zero-order chi connectivity index (χ0) is 21.5. The summed E-state index contributed by atoms with van der Waals surface area (Å²) < 4.78 is 50.2. The van der Waals surface area contributed by atoms with Crippen LogP contribution in [-0.4, -0.2) is 67.6 Å². The van der Waals surface area contributed by atoms with Crippen molar-refractivity contribution in [2.24, 2.45) is 0 Å². The molecule has 0 heterocycles. The summed E-state index contributed by atoms with van der Waals surface area (Å²) in [6, 6.07) is 14.8. The average Bonchev–Trinajstić information content (AvgIpc) is 2.78. The Morgan fingerprint density at radius 1 is 0.667 bits per heavy atom. The van der Waals surface area contributed by atoms with Gasteiger partial charge in [-0.3, -0.25) is 8.98 Å². The minimum absolute atomic E-state index is 0.0573. The first-order chi connectivity index (χ1) is 14.6. The number of hydrogen-bond acceptors (Lipinski definition) is 8. The maximum Gasteiger partial charge on any atom is 0.297 e. The van der Waals surface area contributed by atoms with Crippen molar-refractivity contribution in [2.75, 3.05) is 52.9 Å². The highest BCUT2D eigenvalue weighted by Crippen LogP contribution is 2.11. The van der Waals surface area contributed by atoms with Gasteiger partial charge in [-0.2, -0.15) is 8.42 Å². The van der Waals surface area contributed by atoms with Gasteiger partial charge in [0.1, 0.15) is 18.6 Å². The van der Waals surface area contributed by atoms with Gasteiger partial charge in [0.25, 0.3) is 10.1 Å². The van der Waals surface area contributed by atoms with Gasteiger partial charge >= 0.3 is 0 Å². The van der Waals surface area contributed by atoms with E-state index in [1.54, 1.807) is 42.5 Å². The Morgan fingerprint density at radius 2 is 1.20 bits per heavy atom. The zero-order valence-electron chi connectivity index (χ0n) is 16.6. The van der Waals surface area contributed by atoms with E-state index in [0.29, 0.717) is 51.0 Å². The quantitative estimate of drug-likeness (QED) is 0.224. The van der Waals surface area contributed by atoms with Gasteiger partial charge in [0.05, 0.1) is 51.1 Å². The highest BCUT2D eigenvalue weighted by molar-refractivity contribution is 7.86. The van der Waals surface area contributed by atoms with Crippen LogP contribution < -0.4 is 4.74 Å². The van der Waals surface area contributed by atoms with E-state index in [1.165, 1.54) is 12.1 Å². The minimum atomic E-state index is -3.75. The molecule has 0 unspecified atom stereocenters. The molecule has 0 spiro atoms. The Morgan fingerprint density at radius 3 is 1.77 bits per heavy atom. The van der Waals surface area contributed by atoms with Crippen LogP contribution in [0.4, 0.5) is 0 Å². The van der Waals surface area contributed by atoms with Gasteiger partial charge < -0.3 is 18.9 Å². The van der Waals surface area contributed by atoms with Crippen LogP contribution in [0.25, 0.3) is 0 Å². The number of rotatable bonds is 16. The van der Waals surface area contributed by atoms with Crippen LogP contribution in [0.5, 0.6) is 5.75 Å². The molecule has 0 saturated carbocycles. The topological polar surface area (TPSA) is 97.4 Å². The lowest BCUT2D eigenvalue weighted by atomic mass is 10.2. The summed E-state index contributed by atoms with van der Waals surface area (Å²) >= 11 is 0. The lowest BCUT2D eigenvalue weighted by molar-refractivity contribution is 0.00528. The van der Waals surface area contributed by atoms with Crippen molar-refractivity contribution in [3.63, 3.8) is 0 Å². The molecule has 2 aromatic rings. The summed E-state index contributed by atoms with van der Waals surface area (Å²) in [4.78, 5) is 10.7. The van der Waals surface area contributed by atoms with Gasteiger partial charge in [0, 0.05) is 5.56 Å². The fourth-order valence-electron chi connectivity index (χ4n) is 2.26. The molecule has 0 aliphatic carbocycles. The number of benzene rings is 2. The van der Waals surface area contributed by atoms with Crippen molar-refractivity contribution in [1.82, 2.24) is 0 Å². The third-order valence-electron chi connectivity index (χ3n) is 3.75. The number of carbonyl (C=O) groups is 1. The van der Waals surface area contributed by atoms with Crippen LogP contribution in [0, 0.1) is 0 Å². The van der Waals surface area contributed by atoms with Crippen LogP contribution in [0.15, 0.2) is 59.5 Å². The molecule has 0 bridgehead atoms. The van der Waals surface area contributed by atoms with Crippen molar-refractivity contribution in [1.29, 1.82) is 0 Å². The number of hydrogen-bond donors (Lipinski definition) is 0. The van der Waals surface area contributed by atoms with Crippen molar-refractivity contribution in [3.8, 4) is 5.75 Å². The molecular formula is C21H26O8S. The maximum atomic E-state index is 11.9. The predicted octanol–water partition coefficient (Wildman–Crippen LogP) is 2.33. The predicted molar refractivity (Wildman–Crippen MR) is 109 cm³/mol. The standard InChI is InChI=1S/C21H26O8S/c22-18-19-6-8-20(9-7-19)28-16-14-26-12-10-25-11-13-27-15-17-29-30(23,24)21-4-2-1-3-5-21/h1-9,18H,10-17H2. The molecule has 2 rings (SSSR count). The molecule has 8 nitrogen and oxygen atoms in total. The van der Waals surface area contributed by atoms with E-state index >= 15 is 0 Å². The number of carbonyl (C=O) groups excluding carboxylic acids is 1. The molecule has 0 N–H and O–H groups in total. The largest absolute Gasteiger partial charge is 0.491 e. The molecule has 2 aromatic carbocycles. The monoisotopic (exact) mass is 438 g/mol. The lowest BCUT2D eigenvalue weighted by Gasteiger charge is -2.08. The Bertz CT molecular complexity index is 822. The summed E-state index contributed by atoms with van der Waals surface area (Å²) in [6.07, 6.45) is 0.780. The third-order valence-corrected chi connectivity index (χ3v) is 5.08. The van der Waals surface area contributed by atoms with Crippen molar-refractivity contribution in [2.45, 2.75) is 4.90 Å². The normalized spacial score (nSPS) is 11.3. The van der Waals surface area contributed by atoms with Crippen LogP contribution in [0.1, 0.15) is 10.4 Å². The Kier molecular flexibility index (Phi) is 11.1. The SMILES string of the molecule is O=Cc1ccc(OCCOCCOCCOCCOS(=O)(=O)c2ccccc2)cc1. The molecule has 0 fully saturated rings. The Hall–Kier alpha value is -2.30. The highest BCUT2D eigenvalue weighted by Gasteiger charge is 2.13. The van der Waals surface area contributed by atoms with Gasteiger partial charge in [-0.25, -0.2) is 0 Å². The molecule has 0 aromatic heterocycles. The van der Waals surface area contributed by atoms with Crippen LogP contribution in [-0.2, 0) is 28.5 Å². The molecule has 0 radical (unpaired) electrons. The fraction of sp³-hybridized carbons (Fsp3) is 0.381. The van der Waals surface area contributed by atoms with E-state index in [2.05, 4.69) is 0 Å². The zero-order valence-corrected chi connectivity index (χ0v) is 17.4. The van der Waals surface area contributed by atoms with E-state index < -0.39 is 10.1 Å². The van der Waals surface area contributed by atoms with E-state index in [4.69, 9.17) is 23.1 Å². The summed E-state index contributed by atoms with van der Waals surface area (Å²) in [5.74, 6) is 0.679. The maximum absolute atomic E-state index is 11.9. The number of aldehydes is 1. The molecule has 0 atom stereocenters. The Balaban J connectivity index is 1.38. The first-order valence-electron chi connectivity index (χ1n) is 9.47. The summed E-state index contributed by atoms with van der Waals surface area (Å²) in [5, 5.41) is 0. The highest BCUT2D eigenvalue weighted by atomic mass is 32.2. The van der Waals surface area contributed by atoms with E-state index in [1.807, 2.05) is 0 Å². The second-order valence-corrected chi connectivity index (χ2v) is 7.58. The Labute approximate surface area is 176 Å². The first-order valence-corrected chi connectivity index (χ1v) is 10.9. The van der Waals surface area contributed by atoms with E-state index in [-0.39, 0.29) is 18.1 Å². The van der Waals surface area contributed by atoms with Crippen molar-refractivity contribution in [3.05, 3.63) is 60.2 Å². The fourth-order valence-corrected chi connectivity index (χ4v) is 3.17. The average molecular weight is 438 g/mol. The second-order valence-electron chi connectivity index (χ2n) is 5.96. The van der Waals surface area contributed by atoms with Gasteiger partial charge in [-0.1, -0.05) is 18.2 Å². The summed E-state index contributed by atoms with van der Waals surface area (Å²) in [5.41, 5.74) is 0.601. The smallest absolute Gasteiger partial charge is 0.297 e. The summed E-state index contributed by atoms with van der Waals surface area (Å²) in [7, 11) is -3.75. The molecule has 0 aliphatic heterocycles. The molecular weight excluding hydrogens is 412 g/mol. The van der Waals surface area contributed by atoms with Gasteiger partial charge in [0.15, 0.2) is 0 Å². The first kappa shape index (κ1) is 24.0. The molecule has 0 saturated heterocycles. The molecule has 9 heteroatoms. The number of ether oxygens (including phenoxy) is 4. The molecule has 164 valence electrons. The van der Waals surface area contributed by atoms with Crippen LogP contribution in [0.2, 0.25) is 0 Å². The van der Waals surface area contributed by atoms with Crippen molar-refractivity contribution < 1.29 is 36.3 Å². The van der Waals surface area contributed by atoms with E-state index in [9.17, 15) is 13.2 Å². The van der Waals surface area contributed by atoms with Crippen molar-refractivity contribution >= 4 is 16.4 Å². The van der Waals surface area contributed by atoms with Crippen LogP contribution >= 0.6 is 0 Å². The molecule has 0 amide bonds. The van der Waals surface area contributed by atoms with Gasteiger partial charge in [-0.15, -0.1) is 0 Å². The summed E-state index contributed by atoms with van der Waals surface area (Å²) in [6.45, 7) is 2.44.